The summed E-state index contributed by atoms with van der Waals surface area (Å²) in [6, 6.07) is 19.0. The highest BCUT2D eigenvalue weighted by Crippen LogP contribution is 2.32. The van der Waals surface area contributed by atoms with Gasteiger partial charge in [-0.2, -0.15) is 0 Å². The third-order valence-corrected chi connectivity index (χ3v) is 5.69. The molecule has 7 nitrogen and oxygen atoms in total. The fraction of sp³-hybridized carbons (Fsp3) is 0.0370. The van der Waals surface area contributed by atoms with E-state index in [0.717, 1.165) is 28.5 Å². The lowest BCUT2D eigenvalue weighted by Crippen LogP contribution is -2.40. The predicted octanol–water partition coefficient (Wildman–Crippen LogP) is 4.71. The number of nitrogens with zero attached hydrogens (tertiary/aromatic N) is 1. The Bertz CT molecular complexity index is 1500. The van der Waals surface area contributed by atoms with E-state index in [1.54, 1.807) is 24.3 Å². The number of carbonyl (C=O) groups excluding carboxylic acids is 4. The van der Waals surface area contributed by atoms with Gasteiger partial charge in [0.05, 0.1) is 11.3 Å². The first-order valence-electron chi connectivity index (χ1n) is 10.8. The minimum atomic E-state index is -0.967. The van der Waals surface area contributed by atoms with Gasteiger partial charge in [0, 0.05) is 16.5 Å². The van der Waals surface area contributed by atoms with Gasteiger partial charge in [-0.15, -0.1) is 0 Å². The van der Waals surface area contributed by atoms with Crippen LogP contribution in [0.5, 0.6) is 0 Å². The van der Waals surface area contributed by atoms with Crippen LogP contribution in [-0.2, 0) is 9.53 Å². The molecule has 0 bridgehead atoms. The van der Waals surface area contributed by atoms with Crippen molar-refractivity contribution >= 4 is 45.8 Å². The Morgan fingerprint density at radius 2 is 1.33 bits per heavy atom. The number of hydrogen-bond acceptors (Lipinski definition) is 5. The molecular weight excluding hydrogens is 470 g/mol. The van der Waals surface area contributed by atoms with Crippen molar-refractivity contribution in [3.8, 4) is 0 Å². The summed E-state index contributed by atoms with van der Waals surface area (Å²) in [5.74, 6) is -4.72. The molecule has 4 aromatic rings. The summed E-state index contributed by atoms with van der Waals surface area (Å²) in [6.45, 7) is -0.780. The molecule has 0 fully saturated rings. The maximum absolute atomic E-state index is 13.7. The smallest absolute Gasteiger partial charge is 0.338 e. The van der Waals surface area contributed by atoms with E-state index in [1.165, 1.54) is 24.3 Å². The number of ether oxygens (including phenoxy) is 1. The monoisotopic (exact) mass is 486 g/mol. The molecule has 0 saturated heterocycles. The fourth-order valence-corrected chi connectivity index (χ4v) is 4.02. The van der Waals surface area contributed by atoms with Crippen molar-refractivity contribution in [3.63, 3.8) is 0 Å². The molecule has 1 aliphatic heterocycles. The van der Waals surface area contributed by atoms with Crippen LogP contribution >= 0.6 is 0 Å². The number of nitrogens with one attached hydrogen (secondary N) is 1. The Morgan fingerprint density at radius 1 is 0.778 bits per heavy atom. The molecule has 0 radical (unpaired) electrons. The van der Waals surface area contributed by atoms with Gasteiger partial charge in [-0.1, -0.05) is 30.3 Å². The van der Waals surface area contributed by atoms with E-state index in [4.69, 9.17) is 4.74 Å². The van der Waals surface area contributed by atoms with Crippen molar-refractivity contribution in [1.29, 1.82) is 0 Å². The Morgan fingerprint density at radius 3 is 1.92 bits per heavy atom. The van der Waals surface area contributed by atoms with Gasteiger partial charge in [0.15, 0.2) is 6.61 Å². The molecule has 0 spiro atoms. The number of para-hydroxylation sites is 1. The molecule has 4 aromatic carbocycles. The summed E-state index contributed by atoms with van der Waals surface area (Å²) in [5.41, 5.74) is 0.437. The zero-order valence-corrected chi connectivity index (χ0v) is 18.5. The number of hydrogen-bond donors (Lipinski definition) is 1. The highest BCUT2D eigenvalue weighted by atomic mass is 19.1. The van der Waals surface area contributed by atoms with Crippen LogP contribution in [0.4, 0.5) is 20.2 Å². The van der Waals surface area contributed by atoms with Gasteiger partial charge < -0.3 is 10.1 Å². The highest BCUT2D eigenvalue weighted by molar-refractivity contribution is 6.35. The van der Waals surface area contributed by atoms with Crippen LogP contribution in [0.25, 0.3) is 10.8 Å². The van der Waals surface area contributed by atoms with Crippen LogP contribution in [0.2, 0.25) is 0 Å². The number of carbonyl (C=O) groups is 4. The molecule has 0 atom stereocenters. The normalized spacial score (nSPS) is 12.6. The van der Waals surface area contributed by atoms with Crippen molar-refractivity contribution < 1.29 is 32.7 Å². The minimum Gasteiger partial charge on any atom is -0.452 e. The average Bonchev–Trinajstić information content (AvgIpc) is 2.88. The molecular formula is C27H16F2N2O5. The Hall–Kier alpha value is -4.92. The lowest BCUT2D eigenvalue weighted by Gasteiger charge is -2.27. The van der Waals surface area contributed by atoms with Crippen LogP contribution in [0.15, 0.2) is 78.9 Å². The lowest BCUT2D eigenvalue weighted by molar-refractivity contribution is -0.119. The fourth-order valence-electron chi connectivity index (χ4n) is 4.02. The van der Waals surface area contributed by atoms with E-state index >= 15 is 0 Å². The first-order valence-corrected chi connectivity index (χ1v) is 10.8. The largest absolute Gasteiger partial charge is 0.452 e. The lowest BCUT2D eigenvalue weighted by atomic mass is 9.94. The number of benzene rings is 4. The van der Waals surface area contributed by atoms with Crippen molar-refractivity contribution in [1.82, 2.24) is 0 Å². The zero-order chi connectivity index (χ0) is 25.4. The number of amides is 3. The van der Waals surface area contributed by atoms with E-state index < -0.39 is 47.6 Å². The van der Waals surface area contributed by atoms with Crippen molar-refractivity contribution in [2.45, 2.75) is 0 Å². The molecule has 0 saturated carbocycles. The van der Waals surface area contributed by atoms with Crippen molar-refractivity contribution in [2.24, 2.45) is 0 Å². The first-order chi connectivity index (χ1) is 17.3. The minimum absolute atomic E-state index is 0.0445. The Labute approximate surface area is 202 Å². The van der Waals surface area contributed by atoms with Gasteiger partial charge >= 0.3 is 5.97 Å². The average molecular weight is 486 g/mol. The summed E-state index contributed by atoms with van der Waals surface area (Å²) in [4.78, 5) is 51.6. The number of imide groups is 1. The van der Waals surface area contributed by atoms with E-state index in [-0.39, 0.29) is 11.3 Å². The standard InChI is InChI=1S/C27H16F2N2O5/c28-20-8-3-9-21(29)24(20)30-22(32)14-36-27(35)16-10-12-17(13-11-16)31-25(33)18-6-1-4-15-5-2-7-19(23(15)18)26(31)34/h1-13H,14H2,(H,30,32). The van der Waals surface area contributed by atoms with Gasteiger partial charge in [0.1, 0.15) is 17.3 Å². The van der Waals surface area contributed by atoms with Crippen LogP contribution < -0.4 is 10.2 Å². The molecule has 0 aromatic heterocycles. The maximum atomic E-state index is 13.7. The van der Waals surface area contributed by atoms with Crippen LogP contribution in [0.3, 0.4) is 0 Å². The van der Waals surface area contributed by atoms with Gasteiger partial charge in [-0.05, 0) is 53.9 Å². The molecule has 1 heterocycles. The summed E-state index contributed by atoms with van der Waals surface area (Å²) < 4.78 is 32.2. The van der Waals surface area contributed by atoms with Gasteiger partial charge in [0.25, 0.3) is 17.7 Å². The van der Waals surface area contributed by atoms with Gasteiger partial charge in [-0.3, -0.25) is 14.4 Å². The number of anilines is 2. The van der Waals surface area contributed by atoms with E-state index in [2.05, 4.69) is 0 Å². The third-order valence-electron chi connectivity index (χ3n) is 5.69. The second kappa shape index (κ2) is 9.03. The maximum Gasteiger partial charge on any atom is 0.338 e. The van der Waals surface area contributed by atoms with Crippen molar-refractivity contribution in [2.75, 3.05) is 16.8 Å². The first kappa shape index (κ1) is 22.9. The molecule has 5 rings (SSSR count). The molecule has 36 heavy (non-hydrogen) atoms. The number of halogens is 2. The molecule has 178 valence electrons. The third kappa shape index (κ3) is 3.96. The second-order valence-corrected chi connectivity index (χ2v) is 7.92. The quantitative estimate of drug-likeness (QED) is 0.326. The highest BCUT2D eigenvalue weighted by Gasteiger charge is 2.33. The van der Waals surface area contributed by atoms with Crippen LogP contribution in [0, 0.1) is 11.6 Å². The summed E-state index contributed by atoms with van der Waals surface area (Å²) in [6.07, 6.45) is 0. The summed E-state index contributed by atoms with van der Waals surface area (Å²) in [7, 11) is 0. The molecule has 3 amide bonds. The van der Waals surface area contributed by atoms with E-state index in [9.17, 15) is 28.0 Å². The van der Waals surface area contributed by atoms with Gasteiger partial charge in [-0.25, -0.2) is 18.5 Å². The SMILES string of the molecule is O=C(COC(=O)c1ccc(N2C(=O)c3cccc4cccc(c34)C2=O)cc1)Nc1c(F)cccc1F. The number of esters is 1. The second-order valence-electron chi connectivity index (χ2n) is 7.92. The van der Waals surface area contributed by atoms with E-state index in [0.29, 0.717) is 16.5 Å². The molecule has 1 N–H and O–H groups in total. The molecule has 0 unspecified atom stereocenters. The molecule has 9 heteroatoms. The molecule has 0 aliphatic carbocycles. The van der Waals surface area contributed by atoms with Crippen LogP contribution in [-0.4, -0.2) is 30.3 Å². The zero-order valence-electron chi connectivity index (χ0n) is 18.5. The number of rotatable bonds is 5. The van der Waals surface area contributed by atoms with E-state index in [1.807, 2.05) is 17.4 Å². The molecule has 1 aliphatic rings. The van der Waals surface area contributed by atoms with Crippen LogP contribution in [0.1, 0.15) is 31.1 Å². The van der Waals surface area contributed by atoms with Crippen molar-refractivity contribution in [3.05, 3.63) is 107 Å². The summed E-state index contributed by atoms with van der Waals surface area (Å²) >= 11 is 0. The topological polar surface area (TPSA) is 92.8 Å². The van der Waals surface area contributed by atoms with Gasteiger partial charge in [0.2, 0.25) is 0 Å². The predicted molar refractivity (Wildman–Crippen MR) is 127 cm³/mol. The Balaban J connectivity index is 1.29. The summed E-state index contributed by atoms with van der Waals surface area (Å²) in [5, 5.41) is 3.40. The Kier molecular flexibility index (Phi) is 5.73.